The monoisotopic (exact) mass is 489 g/mol. The number of fused-ring (bicyclic) bond motifs is 1. The Labute approximate surface area is 199 Å². The van der Waals surface area contributed by atoms with Gasteiger partial charge in [-0.05, 0) is 42.3 Å². The van der Waals surface area contributed by atoms with Crippen molar-refractivity contribution in [2.45, 2.75) is 6.42 Å². The lowest BCUT2D eigenvalue weighted by molar-refractivity contribution is 0.663. The van der Waals surface area contributed by atoms with Crippen LogP contribution in [-0.4, -0.2) is 30.2 Å². The van der Waals surface area contributed by atoms with Gasteiger partial charge in [0.1, 0.15) is 17.8 Å². The molecule has 0 amide bonds. The van der Waals surface area contributed by atoms with Gasteiger partial charge in [-0.25, -0.2) is 14.2 Å². The molecular formula is C22H20Cl2N6OS. The summed E-state index contributed by atoms with van der Waals surface area (Å²) in [5.74, 6) is 1.19. The largest absolute Gasteiger partial charge is 0.399 e. The number of aryl methyl sites for hydroxylation is 1. The zero-order valence-corrected chi connectivity index (χ0v) is 19.0. The van der Waals surface area contributed by atoms with Crippen molar-refractivity contribution in [1.29, 1.82) is 0 Å². The number of halogens is 2. The van der Waals surface area contributed by atoms with Crippen molar-refractivity contribution >= 4 is 61.2 Å². The minimum Gasteiger partial charge on any atom is -0.399 e. The summed E-state index contributed by atoms with van der Waals surface area (Å²) < 4.78 is 42.9. The number of rotatable bonds is 3. The van der Waals surface area contributed by atoms with Gasteiger partial charge in [-0.2, -0.15) is 4.36 Å². The van der Waals surface area contributed by atoms with E-state index in [1.807, 2.05) is 0 Å². The van der Waals surface area contributed by atoms with Gasteiger partial charge in [-0.15, -0.1) is 0 Å². The standard InChI is InChI=1S/C22H20Cl2N6OS/c1-30-20(14-5-4-13(25)10-15(14)23)18(19-21(26)27-11-28-22(19)30)12-3-6-17(16(24)9-12)29-32(31)7-2-8-32/h3-6,9-11H,2,7-8,25H2,1H3,(H2,26,27,28)/i1D3. The molecule has 0 bridgehead atoms. The molecule has 0 aliphatic carbocycles. The average Bonchev–Trinajstić information content (AvgIpc) is 3.10. The first-order valence-electron chi connectivity index (χ1n) is 11.2. The van der Waals surface area contributed by atoms with E-state index in [1.54, 1.807) is 36.4 Å². The minimum absolute atomic E-state index is 0.100. The first-order valence-corrected chi connectivity index (χ1v) is 12.3. The normalized spacial score (nSPS) is 16.8. The molecule has 1 aliphatic rings. The Kier molecular flexibility index (Phi) is 4.23. The molecule has 10 heteroatoms. The van der Waals surface area contributed by atoms with E-state index in [0.29, 0.717) is 45.0 Å². The number of nitrogens with zero attached hydrogens (tertiary/aromatic N) is 4. The fourth-order valence-electron chi connectivity index (χ4n) is 3.79. The van der Waals surface area contributed by atoms with Crippen LogP contribution in [0.4, 0.5) is 17.2 Å². The Morgan fingerprint density at radius 1 is 1.12 bits per heavy atom. The van der Waals surface area contributed by atoms with Gasteiger partial charge in [0, 0.05) is 39.4 Å². The SMILES string of the molecule is [2H]C([2H])([2H])n1c(-c2ccc(N)cc2Cl)c(-c2ccc(N=S3(=O)CCC3)c(Cl)c2)c2c(N)ncnc21. The number of nitrogen functional groups attached to an aromatic ring is 2. The zero-order chi connectivity index (χ0) is 25.1. The van der Waals surface area contributed by atoms with E-state index in [-0.39, 0.29) is 27.2 Å². The minimum atomic E-state index is -2.63. The lowest BCUT2D eigenvalue weighted by Crippen LogP contribution is -2.22. The van der Waals surface area contributed by atoms with Crippen molar-refractivity contribution in [3.63, 3.8) is 0 Å². The Hall–Kier alpha value is -2.81. The van der Waals surface area contributed by atoms with Crippen molar-refractivity contribution in [3.8, 4) is 22.4 Å². The molecule has 1 saturated heterocycles. The van der Waals surface area contributed by atoms with Crippen molar-refractivity contribution in [3.05, 3.63) is 52.8 Å². The van der Waals surface area contributed by atoms with Gasteiger partial charge in [-0.1, -0.05) is 29.3 Å². The third kappa shape index (κ3) is 3.39. The molecule has 164 valence electrons. The van der Waals surface area contributed by atoms with E-state index in [0.717, 1.165) is 11.0 Å². The third-order valence-corrected chi connectivity index (χ3v) is 8.45. The maximum absolute atomic E-state index is 12.6. The second-order valence-electron chi connectivity index (χ2n) is 7.55. The Bertz CT molecular complexity index is 1620. The molecule has 1 fully saturated rings. The van der Waals surface area contributed by atoms with Crippen LogP contribution in [0.25, 0.3) is 33.4 Å². The summed E-state index contributed by atoms with van der Waals surface area (Å²) in [5, 5.41) is 0.875. The Balaban J connectivity index is 1.87. The van der Waals surface area contributed by atoms with Gasteiger partial charge in [-0.3, -0.25) is 0 Å². The van der Waals surface area contributed by atoms with Crippen molar-refractivity contribution < 1.29 is 8.32 Å². The number of hydrogen-bond donors (Lipinski definition) is 2. The van der Waals surface area contributed by atoms with Crippen LogP contribution in [0.3, 0.4) is 0 Å². The van der Waals surface area contributed by atoms with Crippen LogP contribution in [0.5, 0.6) is 0 Å². The van der Waals surface area contributed by atoms with E-state index in [2.05, 4.69) is 14.3 Å². The second kappa shape index (κ2) is 7.65. The highest BCUT2D eigenvalue weighted by atomic mass is 35.5. The fraction of sp³-hybridized carbons (Fsp3) is 0.182. The van der Waals surface area contributed by atoms with Crippen LogP contribution in [0.1, 0.15) is 10.5 Å². The van der Waals surface area contributed by atoms with Crippen LogP contribution < -0.4 is 11.5 Å². The molecule has 7 nitrogen and oxygen atoms in total. The molecule has 32 heavy (non-hydrogen) atoms. The number of benzene rings is 2. The highest BCUT2D eigenvalue weighted by molar-refractivity contribution is 7.95. The van der Waals surface area contributed by atoms with Gasteiger partial charge in [0.15, 0.2) is 0 Å². The lowest BCUT2D eigenvalue weighted by Gasteiger charge is -2.18. The molecule has 5 rings (SSSR count). The van der Waals surface area contributed by atoms with Gasteiger partial charge in [0.25, 0.3) is 0 Å². The van der Waals surface area contributed by atoms with Crippen molar-refractivity contribution in [1.82, 2.24) is 14.5 Å². The quantitative estimate of drug-likeness (QED) is 0.380. The first kappa shape index (κ1) is 17.7. The Morgan fingerprint density at radius 2 is 1.94 bits per heavy atom. The van der Waals surface area contributed by atoms with E-state index >= 15 is 0 Å². The third-order valence-electron chi connectivity index (χ3n) is 5.45. The molecule has 4 aromatic rings. The Morgan fingerprint density at radius 3 is 2.59 bits per heavy atom. The molecule has 0 radical (unpaired) electrons. The lowest BCUT2D eigenvalue weighted by atomic mass is 9.98. The zero-order valence-electron chi connectivity index (χ0n) is 19.7. The van der Waals surface area contributed by atoms with Crippen LogP contribution >= 0.6 is 23.2 Å². The maximum atomic E-state index is 12.6. The smallest absolute Gasteiger partial charge is 0.146 e. The van der Waals surface area contributed by atoms with Gasteiger partial charge in [0.2, 0.25) is 0 Å². The van der Waals surface area contributed by atoms with Crippen LogP contribution in [-0.2, 0) is 16.7 Å². The molecule has 2 aromatic heterocycles. The molecule has 1 aliphatic heterocycles. The number of hydrogen-bond acceptors (Lipinski definition) is 6. The maximum Gasteiger partial charge on any atom is 0.146 e. The summed E-state index contributed by atoms with van der Waals surface area (Å²) in [6, 6.07) is 9.85. The van der Waals surface area contributed by atoms with Gasteiger partial charge < -0.3 is 16.0 Å². The van der Waals surface area contributed by atoms with Crippen LogP contribution in [0.2, 0.25) is 10.0 Å². The van der Waals surface area contributed by atoms with Crippen LogP contribution in [0.15, 0.2) is 47.1 Å². The number of anilines is 2. The molecule has 2 aromatic carbocycles. The van der Waals surface area contributed by atoms with E-state index in [9.17, 15) is 4.21 Å². The fourth-order valence-corrected chi connectivity index (χ4v) is 5.83. The average molecular weight is 490 g/mol. The summed E-state index contributed by atoms with van der Waals surface area (Å²) in [6.07, 6.45) is 2.08. The molecule has 0 atom stereocenters. The summed E-state index contributed by atoms with van der Waals surface area (Å²) in [5.41, 5.74) is 14.8. The van der Waals surface area contributed by atoms with E-state index in [1.165, 1.54) is 6.33 Å². The topological polar surface area (TPSA) is 112 Å². The summed E-state index contributed by atoms with van der Waals surface area (Å²) in [4.78, 5) is 8.34. The van der Waals surface area contributed by atoms with Gasteiger partial charge >= 0.3 is 0 Å². The van der Waals surface area contributed by atoms with Crippen LogP contribution in [0, 0.1) is 0 Å². The molecule has 4 N–H and O–H groups in total. The van der Waals surface area contributed by atoms with Crippen molar-refractivity contribution in [2.24, 2.45) is 11.3 Å². The predicted octanol–water partition coefficient (Wildman–Crippen LogP) is 5.28. The molecule has 0 unspecified atom stereocenters. The second-order valence-corrected chi connectivity index (χ2v) is 10.9. The van der Waals surface area contributed by atoms with Gasteiger partial charge in [0.05, 0.1) is 36.5 Å². The van der Waals surface area contributed by atoms with Crippen molar-refractivity contribution in [2.75, 3.05) is 23.0 Å². The predicted molar refractivity (Wildman–Crippen MR) is 133 cm³/mol. The molecule has 0 spiro atoms. The first-order chi connectivity index (χ1) is 16.5. The number of nitrogens with two attached hydrogens (primary N) is 2. The number of aromatic nitrogens is 3. The highest BCUT2D eigenvalue weighted by Gasteiger charge is 2.24. The molecular weight excluding hydrogens is 467 g/mol. The highest BCUT2D eigenvalue weighted by Crippen LogP contribution is 2.45. The molecule has 0 saturated carbocycles. The summed E-state index contributed by atoms with van der Waals surface area (Å²) in [7, 11) is -2.27. The summed E-state index contributed by atoms with van der Waals surface area (Å²) >= 11 is 13.1. The van der Waals surface area contributed by atoms with E-state index in [4.69, 9.17) is 38.8 Å². The molecule has 3 heterocycles. The van der Waals surface area contributed by atoms with E-state index < -0.39 is 16.7 Å². The summed E-state index contributed by atoms with van der Waals surface area (Å²) in [6.45, 7) is -2.63.